The minimum atomic E-state index is 0.280. The molecule has 0 heterocycles. The summed E-state index contributed by atoms with van der Waals surface area (Å²) in [5, 5.41) is 1.43. The zero-order valence-corrected chi connectivity index (χ0v) is 13.1. The molecule has 0 spiro atoms. The third-order valence-corrected chi connectivity index (χ3v) is 5.03. The second kappa shape index (κ2) is 6.45. The highest BCUT2D eigenvalue weighted by atomic mass is 35.5. The maximum atomic E-state index is 6.31. The zero-order chi connectivity index (χ0) is 14.0. The van der Waals surface area contributed by atoms with Gasteiger partial charge in [0.2, 0.25) is 0 Å². The van der Waals surface area contributed by atoms with Crippen LogP contribution in [0.15, 0.2) is 18.2 Å². The fraction of sp³-hybridized carbons (Fsp3) is 0.600. The summed E-state index contributed by atoms with van der Waals surface area (Å²) in [4.78, 5) is 2.42. The molecule has 3 unspecified atom stereocenters. The van der Waals surface area contributed by atoms with Gasteiger partial charge in [-0.1, -0.05) is 35.7 Å². The number of rotatable bonds is 4. The van der Waals surface area contributed by atoms with Crippen LogP contribution in [0.25, 0.3) is 0 Å². The van der Waals surface area contributed by atoms with Crippen molar-refractivity contribution in [3.63, 3.8) is 0 Å². The van der Waals surface area contributed by atoms with Gasteiger partial charge >= 0.3 is 0 Å². The van der Waals surface area contributed by atoms with Crippen molar-refractivity contribution >= 4 is 23.2 Å². The van der Waals surface area contributed by atoms with Gasteiger partial charge in [0, 0.05) is 22.1 Å². The van der Waals surface area contributed by atoms with Gasteiger partial charge in [0.25, 0.3) is 0 Å². The van der Waals surface area contributed by atoms with Crippen molar-refractivity contribution in [2.75, 3.05) is 13.6 Å². The Hall–Kier alpha value is -0.280. The highest BCUT2D eigenvalue weighted by Gasteiger charge is 2.32. The molecule has 0 radical (unpaired) electrons. The lowest BCUT2D eigenvalue weighted by molar-refractivity contribution is 0.152. The molecular weight excluding hydrogens is 279 g/mol. The van der Waals surface area contributed by atoms with Crippen LogP contribution in [-0.2, 0) is 0 Å². The largest absolute Gasteiger partial charge is 0.330 e. The molecule has 0 aliphatic heterocycles. The van der Waals surface area contributed by atoms with E-state index in [2.05, 4.69) is 18.9 Å². The number of halogens is 2. The summed E-state index contributed by atoms with van der Waals surface area (Å²) in [6, 6.07) is 6.59. The summed E-state index contributed by atoms with van der Waals surface area (Å²) in [5.41, 5.74) is 7.02. The Kier molecular flexibility index (Phi) is 5.13. The van der Waals surface area contributed by atoms with Gasteiger partial charge in [-0.2, -0.15) is 0 Å². The molecule has 4 heteroatoms. The molecule has 1 aliphatic carbocycles. The third kappa shape index (κ3) is 3.25. The molecule has 2 N–H and O–H groups in total. The topological polar surface area (TPSA) is 29.3 Å². The van der Waals surface area contributed by atoms with Gasteiger partial charge in [-0.25, -0.2) is 0 Å². The van der Waals surface area contributed by atoms with Gasteiger partial charge in [-0.15, -0.1) is 0 Å². The summed E-state index contributed by atoms with van der Waals surface area (Å²) in [6.45, 7) is 2.97. The van der Waals surface area contributed by atoms with Crippen molar-refractivity contribution in [3.05, 3.63) is 33.8 Å². The van der Waals surface area contributed by atoms with Crippen LogP contribution < -0.4 is 5.73 Å². The molecule has 0 saturated heterocycles. The first-order valence-electron chi connectivity index (χ1n) is 6.91. The third-order valence-electron chi connectivity index (χ3n) is 4.47. The highest BCUT2D eigenvalue weighted by molar-refractivity contribution is 6.35. The molecule has 106 valence electrons. The van der Waals surface area contributed by atoms with E-state index in [4.69, 9.17) is 28.9 Å². The smallest absolute Gasteiger partial charge is 0.0468 e. The van der Waals surface area contributed by atoms with Crippen molar-refractivity contribution in [1.82, 2.24) is 4.90 Å². The van der Waals surface area contributed by atoms with E-state index in [-0.39, 0.29) is 6.04 Å². The van der Waals surface area contributed by atoms with E-state index in [0.29, 0.717) is 17.0 Å². The molecule has 2 nitrogen and oxygen atoms in total. The molecule has 1 fully saturated rings. The first-order valence-corrected chi connectivity index (χ1v) is 7.67. The van der Waals surface area contributed by atoms with E-state index in [0.717, 1.165) is 17.1 Å². The lowest BCUT2D eigenvalue weighted by Gasteiger charge is -2.34. The Bertz CT molecular complexity index is 436. The minimum Gasteiger partial charge on any atom is -0.330 e. The Labute approximate surface area is 125 Å². The minimum absolute atomic E-state index is 0.280. The standard InChI is InChI=1S/C15H22Cl2N2/c1-10(13-7-6-12(16)8-14(13)17)19(2)15-5-3-4-11(15)9-18/h6-8,10-11,15H,3-5,9,18H2,1-2H3. The van der Waals surface area contributed by atoms with Gasteiger partial charge < -0.3 is 5.73 Å². The second-order valence-corrected chi connectivity index (χ2v) is 6.34. The maximum absolute atomic E-state index is 6.31. The number of nitrogens with zero attached hydrogens (tertiary/aromatic N) is 1. The second-order valence-electron chi connectivity index (χ2n) is 5.50. The summed E-state index contributed by atoms with van der Waals surface area (Å²) in [7, 11) is 2.17. The summed E-state index contributed by atoms with van der Waals surface area (Å²) in [6.07, 6.45) is 3.75. The fourth-order valence-electron chi connectivity index (χ4n) is 3.18. The molecule has 0 amide bonds. The van der Waals surface area contributed by atoms with Gasteiger partial charge in [-0.05, 0) is 57.0 Å². The van der Waals surface area contributed by atoms with Crippen molar-refractivity contribution in [2.45, 2.75) is 38.3 Å². The molecule has 1 aromatic rings. The van der Waals surface area contributed by atoms with Crippen LogP contribution in [0, 0.1) is 5.92 Å². The van der Waals surface area contributed by atoms with Gasteiger partial charge in [0.15, 0.2) is 0 Å². The van der Waals surface area contributed by atoms with Gasteiger partial charge in [-0.3, -0.25) is 4.90 Å². The average Bonchev–Trinajstić information content (AvgIpc) is 2.85. The molecule has 0 bridgehead atoms. The van der Waals surface area contributed by atoms with Crippen LogP contribution in [0.3, 0.4) is 0 Å². The Morgan fingerprint density at radius 1 is 1.37 bits per heavy atom. The van der Waals surface area contributed by atoms with Crippen LogP contribution in [0.1, 0.15) is 37.8 Å². The first kappa shape index (κ1) is 15.1. The van der Waals surface area contributed by atoms with Crippen molar-refractivity contribution in [1.29, 1.82) is 0 Å². The zero-order valence-electron chi connectivity index (χ0n) is 11.6. The number of benzene rings is 1. The van der Waals surface area contributed by atoms with E-state index < -0.39 is 0 Å². The van der Waals surface area contributed by atoms with E-state index in [1.165, 1.54) is 19.3 Å². The number of hydrogen-bond donors (Lipinski definition) is 1. The fourth-order valence-corrected chi connectivity index (χ4v) is 3.74. The molecule has 2 rings (SSSR count). The number of nitrogens with two attached hydrogens (primary N) is 1. The van der Waals surface area contributed by atoms with Crippen LogP contribution in [0.5, 0.6) is 0 Å². The predicted octanol–water partition coefficient (Wildman–Crippen LogP) is 4.11. The normalized spacial score (nSPS) is 24.9. The molecule has 1 aliphatic rings. The number of hydrogen-bond acceptors (Lipinski definition) is 2. The summed E-state index contributed by atoms with van der Waals surface area (Å²) in [5.74, 6) is 0.610. The molecular formula is C15H22Cl2N2. The maximum Gasteiger partial charge on any atom is 0.0468 e. The van der Waals surface area contributed by atoms with Crippen molar-refractivity contribution < 1.29 is 0 Å². The monoisotopic (exact) mass is 300 g/mol. The summed E-state index contributed by atoms with van der Waals surface area (Å²) >= 11 is 12.3. The van der Waals surface area contributed by atoms with Crippen LogP contribution in [0.4, 0.5) is 0 Å². The Morgan fingerprint density at radius 3 is 2.74 bits per heavy atom. The molecule has 0 aromatic heterocycles. The van der Waals surface area contributed by atoms with Crippen LogP contribution in [0.2, 0.25) is 10.0 Å². The van der Waals surface area contributed by atoms with Crippen molar-refractivity contribution in [3.8, 4) is 0 Å². The van der Waals surface area contributed by atoms with Crippen LogP contribution in [-0.4, -0.2) is 24.5 Å². The Morgan fingerprint density at radius 2 is 2.11 bits per heavy atom. The quantitative estimate of drug-likeness (QED) is 0.906. The first-order chi connectivity index (χ1) is 9.04. The van der Waals surface area contributed by atoms with E-state index >= 15 is 0 Å². The van der Waals surface area contributed by atoms with Crippen LogP contribution >= 0.6 is 23.2 Å². The Balaban J connectivity index is 2.16. The highest BCUT2D eigenvalue weighted by Crippen LogP contribution is 2.35. The van der Waals surface area contributed by atoms with Gasteiger partial charge in [0.1, 0.15) is 0 Å². The van der Waals surface area contributed by atoms with Crippen molar-refractivity contribution in [2.24, 2.45) is 11.7 Å². The molecule has 1 saturated carbocycles. The predicted molar refractivity (Wildman–Crippen MR) is 82.8 cm³/mol. The lowest BCUT2D eigenvalue weighted by Crippen LogP contribution is -2.39. The van der Waals surface area contributed by atoms with E-state index in [9.17, 15) is 0 Å². The molecule has 19 heavy (non-hydrogen) atoms. The van der Waals surface area contributed by atoms with E-state index in [1.807, 2.05) is 18.2 Å². The summed E-state index contributed by atoms with van der Waals surface area (Å²) < 4.78 is 0. The average molecular weight is 301 g/mol. The molecule has 3 atom stereocenters. The SMILES string of the molecule is CC(c1ccc(Cl)cc1Cl)N(C)C1CCCC1CN. The lowest BCUT2D eigenvalue weighted by atomic mass is 9.99. The molecule has 1 aromatic carbocycles. The van der Waals surface area contributed by atoms with E-state index in [1.54, 1.807) is 0 Å². The van der Waals surface area contributed by atoms with Gasteiger partial charge in [0.05, 0.1) is 0 Å².